The number of aliphatic carboxylic acids is 1. The molecule has 3 rings (SSSR count). The summed E-state index contributed by atoms with van der Waals surface area (Å²) < 4.78 is 80.2. The molecule has 1 saturated heterocycles. The average Bonchev–Trinajstić information content (AvgIpc) is 2.86. The Balaban J connectivity index is 1.87. The molecule has 0 saturated carbocycles. The predicted octanol–water partition coefficient (Wildman–Crippen LogP) is 4.70. The Hall–Kier alpha value is -3.45. The zero-order chi connectivity index (χ0) is 28.8. The summed E-state index contributed by atoms with van der Waals surface area (Å²) in [5, 5.41) is 9.95. The number of rotatable bonds is 10. The maximum Gasteiger partial charge on any atom is 0.416 e. The van der Waals surface area contributed by atoms with E-state index >= 15 is 0 Å². The molecule has 1 N–H and O–H groups in total. The highest BCUT2D eigenvalue weighted by atomic mass is 19.4. The van der Waals surface area contributed by atoms with Crippen LogP contribution in [0.15, 0.2) is 48.5 Å². The molecule has 0 spiro atoms. The molecule has 2 aromatic carbocycles. The minimum absolute atomic E-state index is 0.0101. The largest absolute Gasteiger partial charge is 0.480 e. The van der Waals surface area contributed by atoms with Gasteiger partial charge < -0.3 is 14.8 Å². The van der Waals surface area contributed by atoms with E-state index in [1.54, 1.807) is 30.3 Å². The second-order valence-corrected chi connectivity index (χ2v) is 9.21. The highest BCUT2D eigenvalue weighted by Gasteiger charge is 2.39. The summed E-state index contributed by atoms with van der Waals surface area (Å²) >= 11 is 0. The van der Waals surface area contributed by atoms with Gasteiger partial charge in [0.25, 0.3) is 5.91 Å². The summed E-state index contributed by atoms with van der Waals surface area (Å²) in [6, 6.07) is 9.10. The number of hydrogen-bond donors (Lipinski definition) is 1. The van der Waals surface area contributed by atoms with Crippen LogP contribution in [-0.4, -0.2) is 65.5 Å². The summed E-state index contributed by atoms with van der Waals surface area (Å²) in [5.74, 6) is -2.39. The second kappa shape index (κ2) is 12.6. The van der Waals surface area contributed by atoms with Crippen LogP contribution in [0.2, 0.25) is 0 Å². The summed E-state index contributed by atoms with van der Waals surface area (Å²) in [5.41, 5.74) is -3.06. The van der Waals surface area contributed by atoms with Gasteiger partial charge in [-0.1, -0.05) is 30.3 Å². The van der Waals surface area contributed by atoms with E-state index in [-0.39, 0.29) is 44.5 Å². The number of piperidine rings is 1. The van der Waals surface area contributed by atoms with Gasteiger partial charge in [0.1, 0.15) is 12.8 Å². The van der Waals surface area contributed by atoms with E-state index in [1.165, 1.54) is 4.90 Å². The number of benzene rings is 2. The highest BCUT2D eigenvalue weighted by molar-refractivity contribution is 5.95. The lowest BCUT2D eigenvalue weighted by Gasteiger charge is -2.40. The maximum atomic E-state index is 13.4. The fraction of sp³-hybridized carbons (Fsp3) is 0.423. The normalized spacial score (nSPS) is 18.3. The molecule has 1 fully saturated rings. The number of carboxylic acid groups (broad SMARTS) is 1. The van der Waals surface area contributed by atoms with Crippen molar-refractivity contribution in [3.05, 3.63) is 70.8 Å². The van der Waals surface area contributed by atoms with E-state index in [2.05, 4.69) is 0 Å². The number of likely N-dealkylation sites (tertiary alicyclic amines) is 1. The van der Waals surface area contributed by atoms with Gasteiger partial charge >= 0.3 is 18.3 Å². The Morgan fingerprint density at radius 1 is 1.03 bits per heavy atom. The second-order valence-electron chi connectivity index (χ2n) is 9.21. The standard InChI is InChI=1S/C26H26F6N2O5/c27-25(28,29)20-12-19(13-21(14-20)26(30,31)32)24(38)34-7-6-18(16-39-33(8-9-35)15-23(36)37)11-22(34)10-17-4-2-1-3-5-17/h1-5,9,12-14,18,22H,6-8,10-11,15-16H2,(H,36,37). The first-order chi connectivity index (χ1) is 18.3. The Labute approximate surface area is 219 Å². The number of hydrogen-bond acceptors (Lipinski definition) is 5. The van der Waals surface area contributed by atoms with Crippen molar-refractivity contribution in [2.75, 3.05) is 26.2 Å². The van der Waals surface area contributed by atoms with Gasteiger partial charge in [-0.05, 0) is 48.9 Å². The van der Waals surface area contributed by atoms with Crippen molar-refractivity contribution < 1.29 is 50.7 Å². The topological polar surface area (TPSA) is 87.2 Å². The molecule has 0 aromatic heterocycles. The zero-order valence-electron chi connectivity index (χ0n) is 20.5. The van der Waals surface area contributed by atoms with Crippen LogP contribution in [0.1, 0.15) is 39.9 Å². The summed E-state index contributed by atoms with van der Waals surface area (Å²) in [4.78, 5) is 42.0. The van der Waals surface area contributed by atoms with Crippen molar-refractivity contribution in [1.82, 2.24) is 9.96 Å². The van der Waals surface area contributed by atoms with Crippen LogP contribution in [0.3, 0.4) is 0 Å². The summed E-state index contributed by atoms with van der Waals surface area (Å²) in [6.45, 7) is -0.792. The van der Waals surface area contributed by atoms with E-state index in [9.17, 15) is 40.7 Å². The molecule has 0 bridgehead atoms. The van der Waals surface area contributed by atoms with Crippen LogP contribution in [0.4, 0.5) is 26.3 Å². The van der Waals surface area contributed by atoms with Crippen LogP contribution in [0.25, 0.3) is 0 Å². The Bertz CT molecular complexity index is 1120. The van der Waals surface area contributed by atoms with Crippen molar-refractivity contribution in [2.45, 2.75) is 37.7 Å². The van der Waals surface area contributed by atoms with E-state index in [0.29, 0.717) is 24.8 Å². The first kappa shape index (κ1) is 30.1. The third-order valence-corrected chi connectivity index (χ3v) is 6.32. The minimum atomic E-state index is -5.09. The summed E-state index contributed by atoms with van der Waals surface area (Å²) in [6.07, 6.45) is -8.84. The molecule has 1 amide bonds. The summed E-state index contributed by atoms with van der Waals surface area (Å²) in [7, 11) is 0. The number of halogens is 6. The molecule has 2 atom stereocenters. The van der Waals surface area contributed by atoms with Crippen LogP contribution in [0, 0.1) is 5.92 Å². The molecular weight excluding hydrogens is 534 g/mol. The lowest BCUT2D eigenvalue weighted by molar-refractivity contribution is -0.184. The molecule has 2 aromatic rings. The SMILES string of the molecule is O=CCN(CC(=O)O)OCC1CCN(C(=O)c2cc(C(F)(F)F)cc(C(F)(F)F)c2)C(Cc2ccccc2)C1. The van der Waals surface area contributed by atoms with Crippen molar-refractivity contribution in [2.24, 2.45) is 5.92 Å². The van der Waals surface area contributed by atoms with Gasteiger partial charge in [-0.15, -0.1) is 0 Å². The number of nitrogens with zero attached hydrogens (tertiary/aromatic N) is 2. The van der Waals surface area contributed by atoms with Gasteiger partial charge in [-0.25, -0.2) is 0 Å². The first-order valence-corrected chi connectivity index (χ1v) is 12.0. The molecule has 1 aliphatic rings. The molecular formula is C26H26F6N2O5. The maximum absolute atomic E-state index is 13.4. The predicted molar refractivity (Wildman–Crippen MR) is 125 cm³/mol. The molecule has 0 aliphatic carbocycles. The lowest BCUT2D eigenvalue weighted by atomic mass is 9.87. The van der Waals surface area contributed by atoms with Gasteiger partial charge in [0.05, 0.1) is 24.3 Å². The fourth-order valence-electron chi connectivity index (χ4n) is 4.48. The van der Waals surface area contributed by atoms with Gasteiger partial charge in [-0.2, -0.15) is 31.4 Å². The number of carboxylic acids is 1. The van der Waals surface area contributed by atoms with Gasteiger partial charge in [0, 0.05) is 18.2 Å². The number of hydroxylamine groups is 2. The average molecular weight is 560 g/mol. The van der Waals surface area contributed by atoms with Crippen LogP contribution in [-0.2, 0) is 33.2 Å². The zero-order valence-corrected chi connectivity index (χ0v) is 20.5. The molecule has 0 radical (unpaired) electrons. The number of amides is 1. The number of carbonyl (C=O) groups excluding carboxylic acids is 2. The molecule has 212 valence electrons. The molecule has 7 nitrogen and oxygen atoms in total. The minimum Gasteiger partial charge on any atom is -0.480 e. The molecule has 1 heterocycles. The van der Waals surface area contributed by atoms with Crippen molar-refractivity contribution in [3.8, 4) is 0 Å². The van der Waals surface area contributed by atoms with Crippen molar-refractivity contribution in [3.63, 3.8) is 0 Å². The molecule has 13 heteroatoms. The van der Waals surface area contributed by atoms with E-state index in [4.69, 9.17) is 9.94 Å². The van der Waals surface area contributed by atoms with Gasteiger partial charge in [0.2, 0.25) is 0 Å². The van der Waals surface area contributed by atoms with Crippen molar-refractivity contribution >= 4 is 18.2 Å². The third-order valence-electron chi connectivity index (χ3n) is 6.32. The van der Waals surface area contributed by atoms with E-state index < -0.39 is 53.5 Å². The number of alkyl halides is 6. The van der Waals surface area contributed by atoms with Crippen LogP contribution in [0.5, 0.6) is 0 Å². The molecule has 39 heavy (non-hydrogen) atoms. The fourth-order valence-corrected chi connectivity index (χ4v) is 4.48. The monoisotopic (exact) mass is 560 g/mol. The van der Waals surface area contributed by atoms with Gasteiger partial charge in [-0.3, -0.25) is 14.4 Å². The first-order valence-electron chi connectivity index (χ1n) is 12.0. The highest BCUT2D eigenvalue weighted by Crippen LogP contribution is 2.37. The molecule has 1 aliphatic heterocycles. The molecule has 2 unspecified atom stereocenters. The number of carbonyl (C=O) groups is 3. The third kappa shape index (κ3) is 8.52. The van der Waals surface area contributed by atoms with Crippen LogP contribution >= 0.6 is 0 Å². The van der Waals surface area contributed by atoms with Crippen molar-refractivity contribution in [1.29, 1.82) is 0 Å². The number of aldehydes is 1. The van der Waals surface area contributed by atoms with E-state index in [0.717, 1.165) is 10.6 Å². The van der Waals surface area contributed by atoms with Crippen LogP contribution < -0.4 is 0 Å². The van der Waals surface area contributed by atoms with Gasteiger partial charge in [0.15, 0.2) is 0 Å². The van der Waals surface area contributed by atoms with E-state index in [1.807, 2.05) is 0 Å². The Kier molecular flexibility index (Phi) is 9.73. The lowest BCUT2D eigenvalue weighted by Crippen LogP contribution is -2.48. The quantitative estimate of drug-likeness (QED) is 0.258. The Morgan fingerprint density at radius 3 is 2.18 bits per heavy atom. The smallest absolute Gasteiger partial charge is 0.416 e. The Morgan fingerprint density at radius 2 is 1.64 bits per heavy atom.